The number of rotatable bonds is 10. The Bertz CT molecular complexity index is 1090. The third-order valence-electron chi connectivity index (χ3n) is 6.08. The van der Waals surface area contributed by atoms with Crippen molar-refractivity contribution in [2.45, 2.75) is 77.7 Å². The molecule has 0 aliphatic heterocycles. The van der Waals surface area contributed by atoms with E-state index in [1.165, 1.54) is 0 Å². The van der Waals surface area contributed by atoms with Crippen molar-refractivity contribution in [2.75, 3.05) is 5.32 Å². The number of carbonyl (C=O) groups is 1. The Kier molecular flexibility index (Phi) is 9.21. The maximum absolute atomic E-state index is 13.3. The predicted molar refractivity (Wildman–Crippen MR) is 143 cm³/mol. The maximum atomic E-state index is 13.3. The van der Waals surface area contributed by atoms with E-state index in [-0.39, 0.29) is 17.2 Å². The molecule has 0 fully saturated rings. The van der Waals surface area contributed by atoms with E-state index >= 15 is 0 Å². The summed E-state index contributed by atoms with van der Waals surface area (Å²) < 4.78 is 1.88. The van der Waals surface area contributed by atoms with Gasteiger partial charge in [0.25, 0.3) is 0 Å². The van der Waals surface area contributed by atoms with Gasteiger partial charge < -0.3 is 5.32 Å². The first-order valence-electron chi connectivity index (χ1n) is 12.0. The summed E-state index contributed by atoms with van der Waals surface area (Å²) in [5, 5.41) is 8.60. The topological polar surface area (TPSA) is 46.9 Å². The molecule has 1 aromatic heterocycles. The molecule has 0 aliphatic rings. The van der Waals surface area contributed by atoms with Crippen molar-refractivity contribution in [1.82, 2.24) is 9.78 Å². The monoisotopic (exact) mass is 499 g/mol. The number of unbranched alkanes of at least 4 members (excludes halogenated alkanes) is 2. The molecule has 0 radical (unpaired) electrons. The second-order valence-corrected chi connectivity index (χ2v) is 10.7. The van der Waals surface area contributed by atoms with Gasteiger partial charge in [-0.1, -0.05) is 94.4 Å². The average molecular weight is 501 g/mol. The van der Waals surface area contributed by atoms with Gasteiger partial charge >= 0.3 is 0 Å². The van der Waals surface area contributed by atoms with Crippen LogP contribution in [0.1, 0.15) is 82.4 Å². The Hall–Kier alpha value is -2.30. The van der Waals surface area contributed by atoms with E-state index in [9.17, 15) is 4.79 Å². The van der Waals surface area contributed by atoms with Crippen LogP contribution in [0.2, 0.25) is 10.0 Å². The van der Waals surface area contributed by atoms with E-state index < -0.39 is 0 Å². The highest BCUT2D eigenvalue weighted by molar-refractivity contribution is 6.42. The minimum atomic E-state index is -0.108. The van der Waals surface area contributed by atoms with Gasteiger partial charge in [-0.25, -0.2) is 0 Å². The van der Waals surface area contributed by atoms with Crippen molar-refractivity contribution in [3.63, 3.8) is 0 Å². The Balaban J connectivity index is 1.84. The van der Waals surface area contributed by atoms with Gasteiger partial charge in [-0.2, -0.15) is 5.10 Å². The van der Waals surface area contributed by atoms with Crippen molar-refractivity contribution in [3.8, 4) is 0 Å². The maximum Gasteiger partial charge on any atom is 0.224 e. The summed E-state index contributed by atoms with van der Waals surface area (Å²) >= 11 is 12.8. The van der Waals surface area contributed by atoms with Crippen LogP contribution in [0.15, 0.2) is 54.9 Å². The van der Waals surface area contributed by atoms with Gasteiger partial charge in [-0.15, -0.1) is 0 Å². The minimum Gasteiger partial charge on any atom is -0.326 e. The van der Waals surface area contributed by atoms with E-state index in [0.29, 0.717) is 23.0 Å². The molecule has 1 heterocycles. The average Bonchev–Trinajstić information content (AvgIpc) is 3.27. The summed E-state index contributed by atoms with van der Waals surface area (Å²) in [6.07, 6.45) is 8.25. The number of anilines is 1. The van der Waals surface area contributed by atoms with E-state index in [2.05, 4.69) is 56.3 Å². The molecule has 3 rings (SSSR count). The fourth-order valence-corrected chi connectivity index (χ4v) is 4.76. The normalized spacial score (nSPS) is 12.5. The van der Waals surface area contributed by atoms with Crippen LogP contribution in [0.4, 0.5) is 5.69 Å². The van der Waals surface area contributed by atoms with Gasteiger partial charge in [0.2, 0.25) is 5.91 Å². The number of carbonyl (C=O) groups excluding carboxylic acids is 1. The van der Waals surface area contributed by atoms with E-state index in [4.69, 9.17) is 23.2 Å². The highest BCUT2D eigenvalue weighted by Gasteiger charge is 2.23. The third-order valence-corrected chi connectivity index (χ3v) is 6.91. The zero-order valence-electron chi connectivity index (χ0n) is 20.6. The zero-order valence-corrected chi connectivity index (χ0v) is 22.1. The summed E-state index contributed by atoms with van der Waals surface area (Å²) in [5.41, 5.74) is 3.89. The first kappa shape index (κ1) is 26.3. The predicted octanol–water partition coefficient (Wildman–Crippen LogP) is 8.23. The molecule has 0 spiro atoms. The van der Waals surface area contributed by atoms with E-state index in [1.54, 1.807) is 12.3 Å². The van der Waals surface area contributed by atoms with Gasteiger partial charge in [0, 0.05) is 24.5 Å². The van der Waals surface area contributed by atoms with Crippen molar-refractivity contribution in [2.24, 2.45) is 0 Å². The lowest BCUT2D eigenvalue weighted by Gasteiger charge is -2.25. The largest absolute Gasteiger partial charge is 0.326 e. The lowest BCUT2D eigenvalue weighted by atomic mass is 9.85. The van der Waals surface area contributed by atoms with E-state index in [1.807, 2.05) is 29.1 Å². The van der Waals surface area contributed by atoms with E-state index in [0.717, 1.165) is 48.1 Å². The van der Waals surface area contributed by atoms with Crippen LogP contribution in [0, 0.1) is 0 Å². The van der Waals surface area contributed by atoms with Crippen molar-refractivity contribution in [3.05, 3.63) is 81.6 Å². The SMILES string of the molecule is CCCCCC(CC(=O)Nc1cc(Cn2cccn2)ccc1C(C)(C)C)c1cccc(Cl)c1Cl. The van der Waals surface area contributed by atoms with Crippen LogP contribution in [0.25, 0.3) is 0 Å². The van der Waals surface area contributed by atoms with Gasteiger partial charge in [-0.3, -0.25) is 9.48 Å². The highest BCUT2D eigenvalue weighted by Crippen LogP contribution is 2.36. The quantitative estimate of drug-likeness (QED) is 0.285. The Labute approximate surface area is 213 Å². The van der Waals surface area contributed by atoms with Crippen LogP contribution < -0.4 is 5.32 Å². The second-order valence-electron chi connectivity index (χ2n) is 9.92. The van der Waals surface area contributed by atoms with Crippen LogP contribution in [-0.2, 0) is 16.8 Å². The molecule has 2 aromatic carbocycles. The molecule has 1 N–H and O–H groups in total. The fourth-order valence-electron chi connectivity index (χ4n) is 4.30. The number of hydrogen-bond acceptors (Lipinski definition) is 2. The molecule has 182 valence electrons. The first-order chi connectivity index (χ1) is 16.2. The number of nitrogens with one attached hydrogen (secondary N) is 1. The van der Waals surface area contributed by atoms with Gasteiger partial charge in [-0.05, 0) is 52.6 Å². The highest BCUT2D eigenvalue weighted by atomic mass is 35.5. The Morgan fingerprint density at radius 3 is 2.59 bits per heavy atom. The molecule has 1 amide bonds. The molecule has 0 saturated carbocycles. The molecule has 1 unspecified atom stereocenters. The number of amides is 1. The molecule has 34 heavy (non-hydrogen) atoms. The van der Waals surface area contributed by atoms with Gasteiger partial charge in [0.05, 0.1) is 16.6 Å². The third kappa shape index (κ3) is 7.10. The molecule has 0 bridgehead atoms. The van der Waals surface area contributed by atoms with Crippen molar-refractivity contribution < 1.29 is 4.79 Å². The summed E-state index contributed by atoms with van der Waals surface area (Å²) in [6, 6.07) is 13.9. The molecule has 4 nitrogen and oxygen atoms in total. The summed E-state index contributed by atoms with van der Waals surface area (Å²) in [5.74, 6) is 0.00220. The molecule has 0 saturated heterocycles. The number of halogens is 2. The standard InChI is InChI=1S/C28H35Cl2N3O/c1-5-6-7-10-21(22-11-8-12-24(29)27(22)30)18-26(34)32-25-17-20(19-33-16-9-15-31-33)13-14-23(25)28(2,3)4/h8-9,11-17,21H,5-7,10,18-19H2,1-4H3,(H,32,34). The van der Waals surface area contributed by atoms with Gasteiger partial charge in [0.1, 0.15) is 0 Å². The molecular weight excluding hydrogens is 465 g/mol. The fraction of sp³-hybridized carbons (Fsp3) is 0.429. The molecule has 3 aromatic rings. The summed E-state index contributed by atoms with van der Waals surface area (Å²) in [7, 11) is 0. The molecule has 1 atom stereocenters. The van der Waals surface area contributed by atoms with Crippen LogP contribution in [0.5, 0.6) is 0 Å². The van der Waals surface area contributed by atoms with Crippen LogP contribution in [-0.4, -0.2) is 15.7 Å². The summed E-state index contributed by atoms with van der Waals surface area (Å²) in [4.78, 5) is 13.3. The molecular formula is C28H35Cl2N3O. The molecule has 6 heteroatoms. The number of benzene rings is 2. The smallest absolute Gasteiger partial charge is 0.224 e. The second kappa shape index (κ2) is 11.9. The number of aromatic nitrogens is 2. The lowest BCUT2D eigenvalue weighted by Crippen LogP contribution is -2.21. The van der Waals surface area contributed by atoms with Crippen molar-refractivity contribution in [1.29, 1.82) is 0 Å². The van der Waals surface area contributed by atoms with Gasteiger partial charge in [0.15, 0.2) is 0 Å². The molecule has 0 aliphatic carbocycles. The summed E-state index contributed by atoms with van der Waals surface area (Å²) in [6.45, 7) is 9.30. The Morgan fingerprint density at radius 1 is 1.12 bits per heavy atom. The minimum absolute atomic E-state index is 0.0146. The number of nitrogens with zero attached hydrogens (tertiary/aromatic N) is 2. The van der Waals surface area contributed by atoms with Crippen LogP contribution in [0.3, 0.4) is 0 Å². The lowest BCUT2D eigenvalue weighted by molar-refractivity contribution is -0.116. The zero-order chi connectivity index (χ0) is 24.7. The number of hydrogen-bond donors (Lipinski definition) is 1. The van der Waals surface area contributed by atoms with Crippen LogP contribution >= 0.6 is 23.2 Å². The Morgan fingerprint density at radius 2 is 1.91 bits per heavy atom. The first-order valence-corrected chi connectivity index (χ1v) is 12.8. The van der Waals surface area contributed by atoms with Crippen molar-refractivity contribution >= 4 is 34.8 Å².